The highest BCUT2D eigenvalue weighted by molar-refractivity contribution is 5.94. The molecule has 10 rings (SSSR count). The van der Waals surface area contributed by atoms with Crippen LogP contribution in [0.2, 0.25) is 0 Å². The average Bonchev–Trinajstić information content (AvgIpc) is 4.05. The van der Waals surface area contributed by atoms with Gasteiger partial charge in [-0.05, 0) is 139 Å². The maximum Gasteiger partial charge on any atom is 0.335 e. The first-order valence-corrected chi connectivity index (χ1v) is 24.1. The number of methoxy groups -OCH3 is 1. The molecule has 4 aromatic heterocycles. The third-order valence-electron chi connectivity index (χ3n) is 13.6. The number of aliphatic carboxylic acids is 1. The quantitative estimate of drug-likeness (QED) is 0.0994. The van der Waals surface area contributed by atoms with Crippen LogP contribution < -0.4 is 5.32 Å². The number of carboxylic acids is 2. The van der Waals surface area contributed by atoms with E-state index in [1.54, 1.807) is 24.5 Å². The number of carboxylic acid groups (broad SMARTS) is 2. The van der Waals surface area contributed by atoms with Crippen LogP contribution in [0.4, 0.5) is 0 Å². The van der Waals surface area contributed by atoms with Gasteiger partial charge in [0.1, 0.15) is 11.0 Å². The number of aromatic nitrogens is 8. The number of fused-ring (bicyclic) bond motifs is 4. The number of aryl methyl sites for hydroxylation is 4. The molecule has 0 fully saturated rings. The number of rotatable bonds is 12. The van der Waals surface area contributed by atoms with Crippen molar-refractivity contribution in [2.75, 3.05) is 20.2 Å². The summed E-state index contributed by atoms with van der Waals surface area (Å²) < 4.78 is 8.74. The van der Waals surface area contributed by atoms with Gasteiger partial charge in [-0.2, -0.15) is 0 Å². The van der Waals surface area contributed by atoms with Crippen LogP contribution in [0.5, 0.6) is 0 Å². The fourth-order valence-corrected chi connectivity index (χ4v) is 9.68. The molecule has 370 valence electrons. The molecule has 4 aromatic carbocycles. The van der Waals surface area contributed by atoms with Gasteiger partial charge in [-0.1, -0.05) is 59.0 Å². The monoisotopic (exact) mass is 970 g/mol. The molecule has 2 aliphatic rings. The molecule has 6 heterocycles. The third kappa shape index (κ3) is 11.1. The van der Waals surface area contributed by atoms with Crippen LogP contribution in [0, 0.1) is 13.8 Å². The van der Waals surface area contributed by atoms with Crippen molar-refractivity contribution in [3.8, 4) is 0 Å². The Morgan fingerprint density at radius 2 is 1.18 bits per heavy atom. The zero-order valence-corrected chi connectivity index (χ0v) is 41.1. The second kappa shape index (κ2) is 22.7. The van der Waals surface area contributed by atoms with Crippen molar-refractivity contribution < 1.29 is 34.1 Å². The lowest BCUT2D eigenvalue weighted by Gasteiger charge is -2.30. The second-order valence-electron chi connectivity index (χ2n) is 17.8. The zero-order chi connectivity index (χ0) is 50.9. The van der Waals surface area contributed by atoms with E-state index in [4.69, 9.17) is 9.84 Å². The molecule has 3 N–H and O–H groups in total. The Bertz CT molecular complexity index is 3250. The minimum Gasteiger partial charge on any atom is -0.481 e. The van der Waals surface area contributed by atoms with Crippen LogP contribution >= 0.6 is 0 Å². The van der Waals surface area contributed by atoms with E-state index in [0.29, 0.717) is 31.6 Å². The molecular formula is C55H58N10O7. The van der Waals surface area contributed by atoms with Crippen LogP contribution in [0.15, 0.2) is 110 Å². The number of carbonyl (C=O) groups excluding carboxylic acids is 2. The molecule has 17 nitrogen and oxygen atoms in total. The molecule has 72 heavy (non-hydrogen) atoms. The Labute approximate surface area is 416 Å². The lowest BCUT2D eigenvalue weighted by Crippen LogP contribution is -2.36. The Kier molecular flexibility index (Phi) is 15.8. The van der Waals surface area contributed by atoms with Gasteiger partial charge in [0.2, 0.25) is 0 Å². The minimum atomic E-state index is -0.919. The van der Waals surface area contributed by atoms with E-state index in [9.17, 15) is 24.3 Å². The number of carbonyl (C=O) groups is 4. The van der Waals surface area contributed by atoms with Crippen LogP contribution in [-0.4, -0.2) is 99.1 Å². The van der Waals surface area contributed by atoms with Crippen LogP contribution in [0.25, 0.3) is 22.1 Å². The summed E-state index contributed by atoms with van der Waals surface area (Å²) in [5, 5.41) is 38.7. The average molecular weight is 971 g/mol. The number of aromatic carboxylic acids is 1. The van der Waals surface area contributed by atoms with Crippen molar-refractivity contribution >= 4 is 45.9 Å². The Hall–Kier alpha value is -8.18. The molecule has 0 spiro atoms. The van der Waals surface area contributed by atoms with E-state index in [2.05, 4.69) is 92.2 Å². The van der Waals surface area contributed by atoms with Gasteiger partial charge in [-0.3, -0.25) is 24.4 Å². The molecule has 2 atom stereocenters. The lowest BCUT2D eigenvalue weighted by molar-refractivity contribution is -0.141. The molecule has 2 unspecified atom stereocenters. The Balaban J connectivity index is 0.000000167. The van der Waals surface area contributed by atoms with E-state index in [1.807, 2.05) is 46.3 Å². The number of hydrogen-bond donors (Lipinski definition) is 3. The maximum atomic E-state index is 13.0. The van der Waals surface area contributed by atoms with Crippen molar-refractivity contribution in [1.29, 1.82) is 0 Å². The van der Waals surface area contributed by atoms with E-state index >= 15 is 0 Å². The van der Waals surface area contributed by atoms with Crippen LogP contribution in [0.1, 0.15) is 115 Å². The number of hydrogen-bond acceptors (Lipinski definition) is 12. The van der Waals surface area contributed by atoms with Gasteiger partial charge < -0.3 is 25.2 Å². The fourth-order valence-electron chi connectivity index (χ4n) is 9.68. The first-order valence-electron chi connectivity index (χ1n) is 24.1. The first-order chi connectivity index (χ1) is 34.9. The summed E-state index contributed by atoms with van der Waals surface area (Å²) in [6.45, 7) is 12.6. The highest BCUT2D eigenvalue weighted by Crippen LogP contribution is 2.37. The number of amides is 1. The standard InChI is InChI=1S/C27H27N5O3.C22H26N4O2.C6H5NO2/c1-3-32-24-7-6-22(17(2)26(24)29-30-32)23(15-25(33)34)20-5-4-18-10-13-31(16-21(18)14-20)27(35)19-8-11-28-12-9-19;1-4-26-20-8-7-18(14(2)22(20)24-25-26)19(12-21(27)28-3)16-6-5-15-9-10-23-13-17(15)11-16;8-6(9)5-1-3-7-4-2-5/h4-9,11-12,14,23H,3,10,13,15-16H2,1-2H3,(H,33,34);5-8,11,19,23H,4,9-10,12-13H2,1-3H3;1-4H,(H,8,9). The van der Waals surface area contributed by atoms with Crippen LogP contribution in [0.3, 0.4) is 0 Å². The molecule has 8 aromatic rings. The molecule has 17 heteroatoms. The largest absolute Gasteiger partial charge is 0.481 e. The van der Waals surface area contributed by atoms with Crippen molar-refractivity contribution in [3.05, 3.63) is 176 Å². The van der Waals surface area contributed by atoms with Gasteiger partial charge in [0.25, 0.3) is 5.91 Å². The first kappa shape index (κ1) is 50.2. The highest BCUT2D eigenvalue weighted by atomic mass is 16.5. The molecular weight excluding hydrogens is 913 g/mol. The topological polar surface area (TPSA) is 220 Å². The summed E-state index contributed by atoms with van der Waals surface area (Å²) in [5.74, 6) is -2.42. The predicted octanol–water partition coefficient (Wildman–Crippen LogP) is 7.84. The number of nitrogens with zero attached hydrogens (tertiary/aromatic N) is 9. The molecule has 1 amide bonds. The molecule has 0 radical (unpaired) electrons. The van der Waals surface area contributed by atoms with Gasteiger partial charge in [0.05, 0.1) is 36.5 Å². The van der Waals surface area contributed by atoms with Crippen LogP contribution in [-0.2, 0) is 53.3 Å². The zero-order valence-electron chi connectivity index (χ0n) is 41.1. The number of benzene rings is 4. The summed E-state index contributed by atoms with van der Waals surface area (Å²) in [6, 6.07) is 27.3. The third-order valence-corrected chi connectivity index (χ3v) is 13.6. The summed E-state index contributed by atoms with van der Waals surface area (Å²) in [6.07, 6.45) is 8.22. The van der Waals surface area contributed by atoms with Gasteiger partial charge in [-0.15, -0.1) is 10.2 Å². The molecule has 2 aliphatic heterocycles. The summed E-state index contributed by atoms with van der Waals surface area (Å²) in [4.78, 5) is 56.8. The molecule has 0 aliphatic carbocycles. The second-order valence-corrected chi connectivity index (χ2v) is 17.8. The Morgan fingerprint density at radius 1 is 0.653 bits per heavy atom. The highest BCUT2D eigenvalue weighted by Gasteiger charge is 2.27. The fraction of sp³-hybridized carbons (Fsp3) is 0.309. The summed E-state index contributed by atoms with van der Waals surface area (Å²) >= 11 is 0. The number of nitrogens with one attached hydrogen (secondary N) is 1. The summed E-state index contributed by atoms with van der Waals surface area (Å²) in [5.41, 5.74) is 15.6. The van der Waals surface area contributed by atoms with Gasteiger partial charge in [0.15, 0.2) is 0 Å². The molecule has 0 saturated carbocycles. The molecule has 0 bridgehead atoms. The SMILES string of the molecule is CCn1nnc2c(C)c(C(CC(=O)O)c3ccc4c(c3)CN(C(=O)c3ccncc3)CC4)ccc21.CCn1nnc2c(C)c(C(CC(=O)OC)c3ccc4c(c3)CNCC4)ccc21.O=C(O)c1ccncc1. The van der Waals surface area contributed by atoms with Crippen molar-refractivity contribution in [1.82, 2.24) is 50.2 Å². The normalized spacial score (nSPS) is 13.7. The van der Waals surface area contributed by atoms with Gasteiger partial charge in [-0.25, -0.2) is 14.2 Å². The van der Waals surface area contributed by atoms with Gasteiger partial charge in [0, 0.05) is 74.9 Å². The minimum absolute atomic E-state index is 0.0224. The Morgan fingerprint density at radius 3 is 1.69 bits per heavy atom. The number of esters is 1. The van der Waals surface area contributed by atoms with E-state index in [1.165, 1.54) is 48.3 Å². The van der Waals surface area contributed by atoms with Gasteiger partial charge >= 0.3 is 17.9 Å². The molecule has 0 saturated heterocycles. The maximum absolute atomic E-state index is 13.0. The predicted molar refractivity (Wildman–Crippen MR) is 271 cm³/mol. The lowest BCUT2D eigenvalue weighted by atomic mass is 9.83. The van der Waals surface area contributed by atoms with Crippen molar-refractivity contribution in [2.45, 2.75) is 91.4 Å². The number of ether oxygens (including phenoxy) is 1. The van der Waals surface area contributed by atoms with E-state index in [0.717, 1.165) is 93.5 Å². The van der Waals surface area contributed by atoms with E-state index in [-0.39, 0.29) is 35.7 Å². The number of pyridine rings is 2. The smallest absolute Gasteiger partial charge is 0.335 e. The van der Waals surface area contributed by atoms with Crippen molar-refractivity contribution in [3.63, 3.8) is 0 Å². The summed E-state index contributed by atoms with van der Waals surface area (Å²) in [7, 11) is 1.44. The van der Waals surface area contributed by atoms with Crippen molar-refractivity contribution in [2.24, 2.45) is 0 Å². The van der Waals surface area contributed by atoms with E-state index < -0.39 is 11.9 Å².